The van der Waals surface area contributed by atoms with Gasteiger partial charge in [-0.05, 0) is 25.2 Å². The van der Waals surface area contributed by atoms with Crippen LogP contribution in [0.25, 0.3) is 0 Å². The number of carbonyl (C=O) groups excluding carboxylic acids is 1. The molecule has 0 aliphatic carbocycles. The molecule has 0 spiro atoms. The fraction of sp³-hybridized carbons (Fsp3) is 0.846. The Morgan fingerprint density at radius 1 is 1.53 bits per heavy atom. The second kappa shape index (κ2) is 7.29. The first-order chi connectivity index (χ1) is 8.15. The van der Waals surface area contributed by atoms with Gasteiger partial charge in [0.05, 0.1) is 12.5 Å². The van der Waals surface area contributed by atoms with Crippen molar-refractivity contribution in [2.45, 2.75) is 45.6 Å². The van der Waals surface area contributed by atoms with Crippen molar-refractivity contribution in [2.24, 2.45) is 5.92 Å². The number of hydrogen-bond donors (Lipinski definition) is 0. The van der Waals surface area contributed by atoms with Gasteiger partial charge < -0.3 is 9.64 Å². The number of carbonyl (C=O) groups is 1. The molecule has 1 saturated heterocycles. The van der Waals surface area contributed by atoms with Gasteiger partial charge in [-0.25, -0.2) is 0 Å². The van der Waals surface area contributed by atoms with Crippen LogP contribution < -0.4 is 0 Å². The van der Waals surface area contributed by atoms with E-state index >= 15 is 0 Å². The van der Waals surface area contributed by atoms with Gasteiger partial charge >= 0.3 is 0 Å². The molecular weight excluding hydrogens is 216 g/mol. The second-order valence-electron chi connectivity index (χ2n) is 4.94. The number of nitriles is 1. The standard InChI is InChI=1S/C13H22N2O2/c1-11(2)10-15(8-5-7-14)13(16)12-6-3-4-9-17-12/h11-12H,3-6,8-10H2,1-2H3. The smallest absolute Gasteiger partial charge is 0.251 e. The molecule has 1 fully saturated rings. The Morgan fingerprint density at radius 3 is 2.82 bits per heavy atom. The van der Waals surface area contributed by atoms with Crippen LogP contribution in [0.1, 0.15) is 39.5 Å². The molecule has 1 rings (SSSR count). The third-order valence-electron chi connectivity index (χ3n) is 2.85. The van der Waals surface area contributed by atoms with E-state index in [1.807, 2.05) is 0 Å². The molecule has 4 nitrogen and oxygen atoms in total. The number of nitrogens with zero attached hydrogens (tertiary/aromatic N) is 2. The molecule has 1 atom stereocenters. The third-order valence-corrected chi connectivity index (χ3v) is 2.85. The number of amides is 1. The van der Waals surface area contributed by atoms with Gasteiger partial charge in [-0.15, -0.1) is 0 Å². The highest BCUT2D eigenvalue weighted by Crippen LogP contribution is 2.16. The number of hydrogen-bond acceptors (Lipinski definition) is 3. The summed E-state index contributed by atoms with van der Waals surface area (Å²) in [5.41, 5.74) is 0. The molecule has 1 amide bonds. The largest absolute Gasteiger partial charge is 0.368 e. The highest BCUT2D eigenvalue weighted by molar-refractivity contribution is 5.81. The normalized spacial score (nSPS) is 20.0. The van der Waals surface area contributed by atoms with E-state index in [0.29, 0.717) is 32.0 Å². The fourth-order valence-corrected chi connectivity index (χ4v) is 2.06. The molecule has 0 N–H and O–H groups in total. The highest BCUT2D eigenvalue weighted by atomic mass is 16.5. The Balaban J connectivity index is 2.54. The molecule has 0 aromatic heterocycles. The van der Waals surface area contributed by atoms with Gasteiger partial charge in [0.15, 0.2) is 0 Å². The van der Waals surface area contributed by atoms with Crippen LogP contribution in [0.2, 0.25) is 0 Å². The third kappa shape index (κ3) is 4.74. The van der Waals surface area contributed by atoms with Crippen molar-refractivity contribution in [3.05, 3.63) is 0 Å². The minimum Gasteiger partial charge on any atom is -0.368 e. The van der Waals surface area contributed by atoms with E-state index in [0.717, 1.165) is 19.3 Å². The van der Waals surface area contributed by atoms with Crippen molar-refractivity contribution in [2.75, 3.05) is 19.7 Å². The maximum absolute atomic E-state index is 12.2. The lowest BCUT2D eigenvalue weighted by molar-refractivity contribution is -0.147. The van der Waals surface area contributed by atoms with Crippen molar-refractivity contribution in [1.29, 1.82) is 5.26 Å². The Bertz CT molecular complexity index is 278. The molecule has 4 heteroatoms. The summed E-state index contributed by atoms with van der Waals surface area (Å²) in [6.07, 6.45) is 3.04. The first-order valence-corrected chi connectivity index (χ1v) is 6.42. The summed E-state index contributed by atoms with van der Waals surface area (Å²) < 4.78 is 5.51. The molecule has 0 radical (unpaired) electrons. The van der Waals surface area contributed by atoms with E-state index in [2.05, 4.69) is 19.9 Å². The van der Waals surface area contributed by atoms with Gasteiger partial charge in [0, 0.05) is 19.7 Å². The number of ether oxygens (including phenoxy) is 1. The van der Waals surface area contributed by atoms with Crippen LogP contribution in [0.15, 0.2) is 0 Å². The van der Waals surface area contributed by atoms with Crippen LogP contribution in [-0.2, 0) is 9.53 Å². The molecule has 96 valence electrons. The molecule has 0 bridgehead atoms. The predicted molar refractivity (Wildman–Crippen MR) is 65.2 cm³/mol. The van der Waals surface area contributed by atoms with Crippen LogP contribution in [-0.4, -0.2) is 36.6 Å². The molecule has 0 aromatic carbocycles. The zero-order valence-corrected chi connectivity index (χ0v) is 10.8. The minimum absolute atomic E-state index is 0.0636. The van der Waals surface area contributed by atoms with E-state index in [4.69, 9.17) is 10.00 Å². The van der Waals surface area contributed by atoms with Crippen molar-refractivity contribution in [3.63, 3.8) is 0 Å². The first kappa shape index (κ1) is 14.0. The summed E-state index contributed by atoms with van der Waals surface area (Å²) in [4.78, 5) is 14.0. The predicted octanol–water partition coefficient (Wildman–Crippen LogP) is 1.95. The van der Waals surface area contributed by atoms with Crippen molar-refractivity contribution < 1.29 is 9.53 Å². The number of rotatable bonds is 5. The average molecular weight is 238 g/mol. The monoisotopic (exact) mass is 238 g/mol. The van der Waals surface area contributed by atoms with E-state index in [1.165, 1.54) is 0 Å². The molecule has 1 unspecified atom stereocenters. The van der Waals surface area contributed by atoms with Gasteiger partial charge in [0.25, 0.3) is 5.91 Å². The van der Waals surface area contributed by atoms with Crippen LogP contribution >= 0.6 is 0 Å². The van der Waals surface area contributed by atoms with Crippen molar-refractivity contribution in [1.82, 2.24) is 4.90 Å². The van der Waals surface area contributed by atoms with Crippen LogP contribution in [0.4, 0.5) is 0 Å². The van der Waals surface area contributed by atoms with Gasteiger partial charge in [-0.2, -0.15) is 5.26 Å². The summed E-state index contributed by atoms with van der Waals surface area (Å²) in [6.45, 7) is 6.07. The molecule has 0 aromatic rings. The first-order valence-electron chi connectivity index (χ1n) is 6.42. The van der Waals surface area contributed by atoms with E-state index in [1.54, 1.807) is 4.90 Å². The van der Waals surface area contributed by atoms with E-state index in [-0.39, 0.29) is 12.0 Å². The SMILES string of the molecule is CC(C)CN(CCC#N)C(=O)C1CCCCO1. The van der Waals surface area contributed by atoms with Crippen LogP contribution in [0, 0.1) is 17.2 Å². The maximum atomic E-state index is 12.2. The quantitative estimate of drug-likeness (QED) is 0.735. The van der Waals surface area contributed by atoms with Crippen molar-refractivity contribution in [3.8, 4) is 6.07 Å². The lowest BCUT2D eigenvalue weighted by Crippen LogP contribution is -2.43. The van der Waals surface area contributed by atoms with E-state index < -0.39 is 0 Å². The van der Waals surface area contributed by atoms with Crippen LogP contribution in [0.3, 0.4) is 0 Å². The Labute approximate surface area is 104 Å². The molecule has 1 aliphatic heterocycles. The van der Waals surface area contributed by atoms with Gasteiger partial charge in [0.1, 0.15) is 6.10 Å². The van der Waals surface area contributed by atoms with Gasteiger partial charge in [-0.3, -0.25) is 4.79 Å². The Hall–Kier alpha value is -1.08. The zero-order valence-electron chi connectivity index (χ0n) is 10.8. The molecule has 0 saturated carbocycles. The zero-order chi connectivity index (χ0) is 12.7. The summed E-state index contributed by atoms with van der Waals surface area (Å²) in [7, 11) is 0. The lowest BCUT2D eigenvalue weighted by atomic mass is 10.1. The summed E-state index contributed by atoms with van der Waals surface area (Å²) >= 11 is 0. The Morgan fingerprint density at radius 2 is 2.29 bits per heavy atom. The van der Waals surface area contributed by atoms with Crippen LogP contribution in [0.5, 0.6) is 0 Å². The molecule has 1 heterocycles. The maximum Gasteiger partial charge on any atom is 0.251 e. The van der Waals surface area contributed by atoms with Gasteiger partial charge in [-0.1, -0.05) is 13.8 Å². The summed E-state index contributed by atoms with van der Waals surface area (Å²) in [6, 6.07) is 2.09. The minimum atomic E-state index is -0.277. The fourth-order valence-electron chi connectivity index (χ4n) is 2.06. The highest BCUT2D eigenvalue weighted by Gasteiger charge is 2.26. The summed E-state index contributed by atoms with van der Waals surface area (Å²) in [5, 5.41) is 8.62. The average Bonchev–Trinajstić information content (AvgIpc) is 2.34. The van der Waals surface area contributed by atoms with Crippen molar-refractivity contribution >= 4 is 5.91 Å². The second-order valence-corrected chi connectivity index (χ2v) is 4.94. The topological polar surface area (TPSA) is 53.3 Å². The Kier molecular flexibility index (Phi) is 5.99. The molecule has 1 aliphatic rings. The van der Waals surface area contributed by atoms with E-state index in [9.17, 15) is 4.79 Å². The lowest BCUT2D eigenvalue weighted by Gasteiger charge is -2.30. The molecule has 17 heavy (non-hydrogen) atoms. The molecular formula is C13H22N2O2. The summed E-state index contributed by atoms with van der Waals surface area (Å²) in [5.74, 6) is 0.481. The van der Waals surface area contributed by atoms with Gasteiger partial charge in [0.2, 0.25) is 0 Å².